The molecule has 3 heterocycles. The molecule has 0 unspecified atom stereocenters. The van der Waals surface area contributed by atoms with Crippen LogP contribution in [0.5, 0.6) is 0 Å². The minimum absolute atomic E-state index is 1.06. The fourth-order valence-electron chi connectivity index (χ4n) is 8.29. The predicted octanol–water partition coefficient (Wildman–Crippen LogP) is 13.3. The van der Waals surface area contributed by atoms with Crippen molar-refractivity contribution in [3.05, 3.63) is 200 Å². The second-order valence-corrected chi connectivity index (χ2v) is 13.5. The molecule has 0 saturated heterocycles. The zero-order chi connectivity index (χ0) is 35.5. The number of hydrogen-bond donors (Lipinski definition) is 0. The summed E-state index contributed by atoms with van der Waals surface area (Å²) in [6.07, 6.45) is 7.90. The van der Waals surface area contributed by atoms with Crippen LogP contribution >= 0.6 is 0 Å². The van der Waals surface area contributed by atoms with Gasteiger partial charge in [0.25, 0.3) is 0 Å². The molecule has 10 aromatic rings. The molecule has 0 atom stereocenters. The fourth-order valence-corrected chi connectivity index (χ4v) is 8.29. The van der Waals surface area contributed by atoms with E-state index in [1.54, 1.807) is 0 Å². The Morgan fingerprint density at radius 2 is 0.868 bits per heavy atom. The van der Waals surface area contributed by atoms with E-state index in [0.29, 0.717) is 0 Å². The normalized spacial score (nSPS) is 11.8. The maximum Gasteiger partial charge on any atom is 0.0542 e. The number of fused-ring (bicyclic) bond motifs is 7. The van der Waals surface area contributed by atoms with E-state index < -0.39 is 0 Å². The second-order valence-electron chi connectivity index (χ2n) is 13.5. The smallest absolute Gasteiger partial charge is 0.0542 e. The van der Waals surface area contributed by atoms with Crippen molar-refractivity contribution in [1.29, 1.82) is 0 Å². The van der Waals surface area contributed by atoms with Crippen LogP contribution in [0.25, 0.3) is 94.9 Å². The minimum atomic E-state index is 1.06. The van der Waals surface area contributed by atoms with E-state index in [9.17, 15) is 0 Å². The summed E-state index contributed by atoms with van der Waals surface area (Å²) < 4.78 is 7.07. The first kappa shape index (κ1) is 30.7. The lowest BCUT2D eigenvalue weighted by Gasteiger charge is -2.11. The van der Waals surface area contributed by atoms with Crippen LogP contribution in [0.1, 0.15) is 11.3 Å². The average molecular weight is 678 g/mol. The Morgan fingerprint density at radius 3 is 1.51 bits per heavy atom. The van der Waals surface area contributed by atoms with E-state index in [4.69, 9.17) is 0 Å². The molecule has 53 heavy (non-hydrogen) atoms. The summed E-state index contributed by atoms with van der Waals surface area (Å²) >= 11 is 0. The highest BCUT2D eigenvalue weighted by Crippen LogP contribution is 2.38. The van der Waals surface area contributed by atoms with Crippen LogP contribution in [0.15, 0.2) is 189 Å². The van der Waals surface area contributed by atoms with E-state index in [2.05, 4.69) is 191 Å². The molecule has 0 spiro atoms. The number of benzene rings is 7. The van der Waals surface area contributed by atoms with Gasteiger partial charge < -0.3 is 13.7 Å². The summed E-state index contributed by atoms with van der Waals surface area (Å²) in [4.78, 5) is 0. The van der Waals surface area contributed by atoms with Gasteiger partial charge in [0.1, 0.15) is 0 Å². The summed E-state index contributed by atoms with van der Waals surface area (Å²) in [6.45, 7) is 8.12. The molecular weight excluding hydrogens is 643 g/mol. The van der Waals surface area contributed by atoms with E-state index in [0.717, 1.165) is 45.0 Å². The zero-order valence-electron chi connectivity index (χ0n) is 29.2. The highest BCUT2D eigenvalue weighted by molar-refractivity contribution is 6.12. The highest BCUT2D eigenvalue weighted by Gasteiger charge is 2.18. The average Bonchev–Trinajstić information content (AvgIpc) is 3.85. The van der Waals surface area contributed by atoms with Gasteiger partial charge in [-0.1, -0.05) is 122 Å². The van der Waals surface area contributed by atoms with Gasteiger partial charge in [-0.15, -0.1) is 0 Å². The van der Waals surface area contributed by atoms with Crippen LogP contribution in [0.3, 0.4) is 0 Å². The summed E-state index contributed by atoms with van der Waals surface area (Å²) in [5.41, 5.74) is 13.8. The van der Waals surface area contributed by atoms with Gasteiger partial charge in [0.2, 0.25) is 0 Å². The molecule has 3 heteroatoms. The number of para-hydroxylation sites is 4. The van der Waals surface area contributed by atoms with Gasteiger partial charge in [-0.25, -0.2) is 0 Å². The van der Waals surface area contributed by atoms with Crippen molar-refractivity contribution in [2.24, 2.45) is 0 Å². The van der Waals surface area contributed by atoms with Gasteiger partial charge in [0, 0.05) is 49.6 Å². The summed E-state index contributed by atoms with van der Waals surface area (Å²) in [5, 5.41) is 6.18. The Hall–Kier alpha value is -7.10. The third-order valence-corrected chi connectivity index (χ3v) is 10.6. The number of rotatable bonds is 7. The maximum atomic E-state index is 4.20. The van der Waals surface area contributed by atoms with Crippen LogP contribution < -0.4 is 0 Å². The monoisotopic (exact) mass is 677 g/mol. The van der Waals surface area contributed by atoms with E-state index in [1.807, 2.05) is 24.3 Å². The Balaban J connectivity index is 1.10. The number of allylic oxidation sites excluding steroid dienone is 2. The lowest BCUT2D eigenvalue weighted by molar-refractivity contribution is 1.11. The van der Waals surface area contributed by atoms with Crippen molar-refractivity contribution in [3.8, 4) is 28.2 Å². The van der Waals surface area contributed by atoms with Crippen molar-refractivity contribution < 1.29 is 0 Å². The standard InChI is InChI=1S/C50H35N3/c1-3-5-17-41-43-32-35(26-30-49(43)51(45(41)4-2)36-15-7-6-8-16-36)34-24-27-37(28-25-34)52-48-23-14-11-20-42(48)44-33-38(29-31-50(44)52)53-46-21-12-9-18-39(46)40-19-10-13-22-47(40)53/h3-33H,1-2H2/b17-5-. The van der Waals surface area contributed by atoms with Crippen molar-refractivity contribution in [3.63, 3.8) is 0 Å². The zero-order valence-corrected chi connectivity index (χ0v) is 29.2. The Morgan fingerprint density at radius 1 is 0.377 bits per heavy atom. The summed E-state index contributed by atoms with van der Waals surface area (Å²) in [7, 11) is 0. The van der Waals surface area contributed by atoms with E-state index in [1.165, 1.54) is 49.0 Å². The topological polar surface area (TPSA) is 14.8 Å². The first-order valence-electron chi connectivity index (χ1n) is 18.0. The first-order chi connectivity index (χ1) is 26.2. The van der Waals surface area contributed by atoms with Crippen molar-refractivity contribution in [1.82, 2.24) is 13.7 Å². The van der Waals surface area contributed by atoms with E-state index >= 15 is 0 Å². The van der Waals surface area contributed by atoms with E-state index in [-0.39, 0.29) is 0 Å². The summed E-state index contributed by atoms with van der Waals surface area (Å²) in [5.74, 6) is 0. The molecule has 0 saturated carbocycles. The molecule has 0 aliphatic carbocycles. The Labute approximate surface area is 307 Å². The van der Waals surface area contributed by atoms with Crippen molar-refractivity contribution in [2.75, 3.05) is 0 Å². The minimum Gasteiger partial charge on any atom is -0.309 e. The quantitative estimate of drug-likeness (QED) is 0.149. The molecule has 7 aromatic carbocycles. The maximum absolute atomic E-state index is 4.20. The first-order valence-corrected chi connectivity index (χ1v) is 18.0. The molecule has 3 aromatic heterocycles. The van der Waals surface area contributed by atoms with Crippen LogP contribution in [0.4, 0.5) is 0 Å². The van der Waals surface area contributed by atoms with Crippen molar-refractivity contribution in [2.45, 2.75) is 0 Å². The molecule has 0 fully saturated rings. The van der Waals surface area contributed by atoms with Crippen LogP contribution in [-0.4, -0.2) is 13.7 Å². The SMILES string of the molecule is C=C/C=C\c1c(C=C)n(-c2ccccc2)c2ccc(-c3ccc(-n4c5ccccc5c5cc(-n6c7ccccc7c7ccccc76)ccc54)cc3)cc12. The molecule has 0 aliphatic heterocycles. The third-order valence-electron chi connectivity index (χ3n) is 10.6. The number of hydrogen-bond acceptors (Lipinski definition) is 0. The van der Waals surface area contributed by atoms with Crippen LogP contribution in [-0.2, 0) is 0 Å². The highest BCUT2D eigenvalue weighted by atomic mass is 15.0. The Bertz CT molecular complexity index is 3020. The lowest BCUT2D eigenvalue weighted by Crippen LogP contribution is -1.96. The second kappa shape index (κ2) is 12.3. The van der Waals surface area contributed by atoms with Crippen LogP contribution in [0, 0.1) is 0 Å². The third kappa shape index (κ3) is 4.75. The molecule has 0 aliphatic rings. The molecule has 10 rings (SSSR count). The molecular formula is C50H35N3. The fraction of sp³-hybridized carbons (Fsp3) is 0. The van der Waals surface area contributed by atoms with Gasteiger partial charge in [-0.05, 0) is 90.0 Å². The van der Waals surface area contributed by atoms with Gasteiger partial charge in [-0.3, -0.25) is 0 Å². The van der Waals surface area contributed by atoms with Gasteiger partial charge in [-0.2, -0.15) is 0 Å². The number of nitrogens with zero attached hydrogens (tertiary/aromatic N) is 3. The van der Waals surface area contributed by atoms with Crippen molar-refractivity contribution >= 4 is 66.7 Å². The number of aromatic nitrogens is 3. The molecule has 0 bridgehead atoms. The van der Waals surface area contributed by atoms with Gasteiger partial charge in [0.05, 0.1) is 33.3 Å². The van der Waals surface area contributed by atoms with Crippen LogP contribution in [0.2, 0.25) is 0 Å². The predicted molar refractivity (Wildman–Crippen MR) is 227 cm³/mol. The van der Waals surface area contributed by atoms with Gasteiger partial charge in [0.15, 0.2) is 0 Å². The Kier molecular flexibility index (Phi) is 7.12. The molecule has 250 valence electrons. The molecule has 0 radical (unpaired) electrons. The van der Waals surface area contributed by atoms with Gasteiger partial charge >= 0.3 is 0 Å². The largest absolute Gasteiger partial charge is 0.309 e. The summed E-state index contributed by atoms with van der Waals surface area (Å²) in [6, 6.07) is 59.2. The lowest BCUT2D eigenvalue weighted by atomic mass is 10.0. The molecule has 0 amide bonds. The molecule has 0 N–H and O–H groups in total. The molecule has 3 nitrogen and oxygen atoms in total.